The molecule has 0 heterocycles. The van der Waals surface area contributed by atoms with E-state index in [4.69, 9.17) is 10.5 Å². The number of primary amides is 1. The molecule has 1 fully saturated rings. The SMILES string of the molecule is CCOC1CC(NCCNC(N)=O)C1. The molecule has 0 radical (unpaired) electrons. The normalized spacial score (nSPS) is 25.5. The smallest absolute Gasteiger partial charge is 0.312 e. The lowest BCUT2D eigenvalue weighted by molar-refractivity contribution is -0.00957. The average molecular weight is 201 g/mol. The average Bonchev–Trinajstić information content (AvgIpc) is 2.06. The zero-order valence-corrected chi connectivity index (χ0v) is 8.58. The maximum absolute atomic E-state index is 10.3. The highest BCUT2D eigenvalue weighted by Gasteiger charge is 2.28. The second kappa shape index (κ2) is 5.82. The van der Waals surface area contributed by atoms with Gasteiger partial charge in [-0.3, -0.25) is 0 Å². The van der Waals surface area contributed by atoms with E-state index >= 15 is 0 Å². The van der Waals surface area contributed by atoms with Crippen molar-refractivity contribution in [2.45, 2.75) is 31.9 Å². The largest absolute Gasteiger partial charge is 0.378 e. The Labute approximate surface area is 84.4 Å². The van der Waals surface area contributed by atoms with Crippen LogP contribution in [0.15, 0.2) is 0 Å². The summed E-state index contributed by atoms with van der Waals surface area (Å²) in [5, 5.41) is 5.84. The maximum Gasteiger partial charge on any atom is 0.312 e. The van der Waals surface area contributed by atoms with Gasteiger partial charge < -0.3 is 21.1 Å². The third-order valence-electron chi connectivity index (χ3n) is 2.35. The molecule has 0 aromatic carbocycles. The number of nitrogens with one attached hydrogen (secondary N) is 2. The molecule has 5 nitrogen and oxygen atoms in total. The summed E-state index contributed by atoms with van der Waals surface area (Å²) >= 11 is 0. The summed E-state index contributed by atoms with van der Waals surface area (Å²) in [6.07, 6.45) is 2.58. The van der Waals surface area contributed by atoms with Crippen molar-refractivity contribution < 1.29 is 9.53 Å². The number of hydrogen-bond donors (Lipinski definition) is 3. The lowest BCUT2D eigenvalue weighted by atomic mass is 9.89. The van der Waals surface area contributed by atoms with Crippen molar-refractivity contribution in [1.82, 2.24) is 10.6 Å². The van der Waals surface area contributed by atoms with Crippen LogP contribution < -0.4 is 16.4 Å². The first-order chi connectivity index (χ1) is 6.72. The Morgan fingerprint density at radius 2 is 2.21 bits per heavy atom. The van der Waals surface area contributed by atoms with Gasteiger partial charge in [0.2, 0.25) is 0 Å². The lowest BCUT2D eigenvalue weighted by Crippen LogP contribution is -2.47. The van der Waals surface area contributed by atoms with Crippen molar-refractivity contribution in [1.29, 1.82) is 0 Å². The molecule has 0 unspecified atom stereocenters. The van der Waals surface area contributed by atoms with E-state index in [-0.39, 0.29) is 0 Å². The number of nitrogens with two attached hydrogens (primary N) is 1. The van der Waals surface area contributed by atoms with Gasteiger partial charge in [0.05, 0.1) is 6.10 Å². The molecular formula is C9H19N3O2. The highest BCUT2D eigenvalue weighted by Crippen LogP contribution is 2.22. The summed E-state index contributed by atoms with van der Waals surface area (Å²) in [5.41, 5.74) is 4.92. The van der Waals surface area contributed by atoms with Gasteiger partial charge in [-0.1, -0.05) is 0 Å². The van der Waals surface area contributed by atoms with E-state index < -0.39 is 6.03 Å². The number of carbonyl (C=O) groups excluding carboxylic acids is 1. The molecule has 0 aromatic heterocycles. The van der Waals surface area contributed by atoms with Crippen LogP contribution in [0.4, 0.5) is 4.79 Å². The monoisotopic (exact) mass is 201 g/mol. The molecule has 0 bridgehead atoms. The molecule has 82 valence electrons. The Morgan fingerprint density at radius 1 is 1.50 bits per heavy atom. The number of ether oxygens (including phenoxy) is 1. The fourth-order valence-electron chi connectivity index (χ4n) is 1.57. The molecule has 0 aliphatic heterocycles. The van der Waals surface area contributed by atoms with E-state index in [9.17, 15) is 4.79 Å². The van der Waals surface area contributed by atoms with Gasteiger partial charge in [0.25, 0.3) is 0 Å². The van der Waals surface area contributed by atoms with Crippen LogP contribution in [-0.2, 0) is 4.74 Å². The standard InChI is InChI=1S/C9H19N3O2/c1-2-14-8-5-7(6-8)11-3-4-12-9(10)13/h7-8,11H,2-6H2,1H3,(H3,10,12,13). The van der Waals surface area contributed by atoms with Crippen LogP contribution in [0.25, 0.3) is 0 Å². The second-order valence-corrected chi connectivity index (χ2v) is 3.49. The van der Waals surface area contributed by atoms with Crippen molar-refractivity contribution in [2.24, 2.45) is 5.73 Å². The van der Waals surface area contributed by atoms with Gasteiger partial charge in [0.15, 0.2) is 0 Å². The first-order valence-corrected chi connectivity index (χ1v) is 5.10. The summed E-state index contributed by atoms with van der Waals surface area (Å²) < 4.78 is 5.42. The third kappa shape index (κ3) is 3.93. The molecule has 1 aliphatic rings. The van der Waals surface area contributed by atoms with Crippen LogP contribution in [0.3, 0.4) is 0 Å². The molecule has 4 N–H and O–H groups in total. The molecule has 14 heavy (non-hydrogen) atoms. The van der Waals surface area contributed by atoms with E-state index in [2.05, 4.69) is 10.6 Å². The minimum absolute atomic E-state index is 0.432. The Hall–Kier alpha value is -0.810. The highest BCUT2D eigenvalue weighted by molar-refractivity contribution is 5.71. The van der Waals surface area contributed by atoms with E-state index in [1.54, 1.807) is 0 Å². The molecule has 2 amide bonds. The van der Waals surface area contributed by atoms with Crippen LogP contribution in [-0.4, -0.2) is 37.9 Å². The predicted molar refractivity (Wildman–Crippen MR) is 54.0 cm³/mol. The molecule has 1 aliphatic carbocycles. The minimum atomic E-state index is -0.465. The molecule has 1 saturated carbocycles. The molecule has 5 heteroatoms. The van der Waals surface area contributed by atoms with Crippen LogP contribution in [0.2, 0.25) is 0 Å². The number of amides is 2. The van der Waals surface area contributed by atoms with Crippen LogP contribution in [0, 0.1) is 0 Å². The number of carbonyl (C=O) groups is 1. The van der Waals surface area contributed by atoms with E-state index in [0.29, 0.717) is 18.7 Å². The van der Waals surface area contributed by atoms with Gasteiger partial charge in [0.1, 0.15) is 0 Å². The Bertz CT molecular complexity index is 181. The van der Waals surface area contributed by atoms with Crippen LogP contribution >= 0.6 is 0 Å². The van der Waals surface area contributed by atoms with Crippen molar-refractivity contribution in [2.75, 3.05) is 19.7 Å². The Balaban J connectivity index is 1.88. The Morgan fingerprint density at radius 3 is 2.79 bits per heavy atom. The summed E-state index contributed by atoms with van der Waals surface area (Å²) in [6.45, 7) is 4.16. The van der Waals surface area contributed by atoms with E-state index in [1.165, 1.54) is 0 Å². The quantitative estimate of drug-likeness (QED) is 0.521. The first kappa shape index (κ1) is 11.3. The second-order valence-electron chi connectivity index (χ2n) is 3.49. The fraction of sp³-hybridized carbons (Fsp3) is 0.889. The summed E-state index contributed by atoms with van der Waals surface area (Å²) in [4.78, 5) is 10.3. The van der Waals surface area contributed by atoms with Crippen LogP contribution in [0.5, 0.6) is 0 Å². The van der Waals surface area contributed by atoms with Gasteiger partial charge >= 0.3 is 6.03 Å². The predicted octanol–water partition coefficient (Wildman–Crippen LogP) is -0.188. The Kier molecular flexibility index (Phi) is 4.69. The molecule has 0 saturated heterocycles. The highest BCUT2D eigenvalue weighted by atomic mass is 16.5. The first-order valence-electron chi connectivity index (χ1n) is 5.10. The zero-order valence-electron chi connectivity index (χ0n) is 8.58. The topological polar surface area (TPSA) is 76.4 Å². The van der Waals surface area contributed by atoms with Crippen molar-refractivity contribution in [3.8, 4) is 0 Å². The molecule has 0 atom stereocenters. The van der Waals surface area contributed by atoms with Crippen molar-refractivity contribution in [3.05, 3.63) is 0 Å². The number of urea groups is 1. The summed E-state index contributed by atoms with van der Waals surface area (Å²) in [5.74, 6) is 0. The number of rotatable bonds is 6. The molecule has 0 aromatic rings. The zero-order chi connectivity index (χ0) is 10.4. The van der Waals surface area contributed by atoms with E-state index in [1.807, 2.05) is 6.92 Å². The third-order valence-corrected chi connectivity index (χ3v) is 2.35. The van der Waals surface area contributed by atoms with Gasteiger partial charge in [-0.25, -0.2) is 4.79 Å². The summed E-state index contributed by atoms with van der Waals surface area (Å²) in [6, 6.07) is 0.0776. The van der Waals surface area contributed by atoms with E-state index in [0.717, 1.165) is 26.0 Å². The minimum Gasteiger partial charge on any atom is -0.378 e. The summed E-state index contributed by atoms with van der Waals surface area (Å²) in [7, 11) is 0. The fourth-order valence-corrected chi connectivity index (χ4v) is 1.57. The molecular weight excluding hydrogens is 182 g/mol. The van der Waals surface area contributed by atoms with Crippen molar-refractivity contribution in [3.63, 3.8) is 0 Å². The van der Waals surface area contributed by atoms with Gasteiger partial charge in [-0.15, -0.1) is 0 Å². The maximum atomic E-state index is 10.3. The van der Waals surface area contributed by atoms with Crippen LogP contribution in [0.1, 0.15) is 19.8 Å². The van der Waals surface area contributed by atoms with Gasteiger partial charge in [-0.2, -0.15) is 0 Å². The lowest BCUT2D eigenvalue weighted by Gasteiger charge is -2.35. The van der Waals surface area contributed by atoms with Crippen molar-refractivity contribution >= 4 is 6.03 Å². The van der Waals surface area contributed by atoms with Gasteiger partial charge in [0, 0.05) is 25.7 Å². The molecule has 1 rings (SSSR count). The number of hydrogen-bond acceptors (Lipinski definition) is 3. The van der Waals surface area contributed by atoms with Gasteiger partial charge in [-0.05, 0) is 19.8 Å². The molecule has 0 spiro atoms.